The Bertz CT molecular complexity index is 296. The fourth-order valence-electron chi connectivity index (χ4n) is 3.09. The summed E-state index contributed by atoms with van der Waals surface area (Å²) in [6, 6.07) is 0.384. The molecular formula is C17H31NO. The summed E-state index contributed by atoms with van der Waals surface area (Å²) < 4.78 is 0. The van der Waals surface area contributed by atoms with Crippen molar-refractivity contribution in [3.63, 3.8) is 0 Å². The van der Waals surface area contributed by atoms with Crippen LogP contribution in [0.25, 0.3) is 0 Å². The maximum atomic E-state index is 12.2. The second-order valence-corrected chi connectivity index (χ2v) is 6.96. The molecule has 2 saturated carbocycles. The Morgan fingerprint density at radius 3 is 2.47 bits per heavy atom. The van der Waals surface area contributed by atoms with Gasteiger partial charge in [-0.1, -0.05) is 39.0 Å². The standard InChI is InChI=1S/C17H31NO/c1-4-5-6-7-8-15-11-16(15)12-18(13(2)3)17(19)14-9-10-14/h13-16H,4-12H2,1-3H3. The molecule has 0 saturated heterocycles. The smallest absolute Gasteiger partial charge is 0.225 e. The third kappa shape index (κ3) is 4.50. The van der Waals surface area contributed by atoms with E-state index in [2.05, 4.69) is 25.7 Å². The largest absolute Gasteiger partial charge is 0.340 e. The van der Waals surface area contributed by atoms with Gasteiger partial charge in [-0.15, -0.1) is 0 Å². The van der Waals surface area contributed by atoms with Gasteiger partial charge < -0.3 is 4.90 Å². The molecular weight excluding hydrogens is 234 g/mol. The van der Waals surface area contributed by atoms with Gasteiger partial charge in [0, 0.05) is 18.5 Å². The van der Waals surface area contributed by atoms with Gasteiger partial charge in [0.25, 0.3) is 0 Å². The second-order valence-electron chi connectivity index (χ2n) is 6.96. The molecule has 0 aromatic heterocycles. The summed E-state index contributed by atoms with van der Waals surface area (Å²) in [5.74, 6) is 2.55. The number of hydrogen-bond donors (Lipinski definition) is 0. The molecule has 2 rings (SSSR count). The molecule has 2 unspecified atom stereocenters. The Morgan fingerprint density at radius 2 is 1.89 bits per heavy atom. The van der Waals surface area contributed by atoms with E-state index in [1.54, 1.807) is 0 Å². The van der Waals surface area contributed by atoms with Crippen LogP contribution in [0.3, 0.4) is 0 Å². The summed E-state index contributed by atoms with van der Waals surface area (Å²) in [4.78, 5) is 14.4. The fourth-order valence-corrected chi connectivity index (χ4v) is 3.09. The van der Waals surface area contributed by atoms with E-state index in [4.69, 9.17) is 0 Å². The number of carbonyl (C=O) groups is 1. The second kappa shape index (κ2) is 6.76. The van der Waals surface area contributed by atoms with Gasteiger partial charge in [0.2, 0.25) is 5.91 Å². The van der Waals surface area contributed by atoms with Gasteiger partial charge >= 0.3 is 0 Å². The molecule has 0 radical (unpaired) electrons. The van der Waals surface area contributed by atoms with Crippen LogP contribution in [0.5, 0.6) is 0 Å². The quantitative estimate of drug-likeness (QED) is 0.571. The number of hydrogen-bond acceptors (Lipinski definition) is 1. The third-order valence-corrected chi connectivity index (χ3v) is 4.76. The molecule has 2 nitrogen and oxygen atoms in total. The van der Waals surface area contributed by atoms with Crippen LogP contribution < -0.4 is 0 Å². The van der Waals surface area contributed by atoms with E-state index in [0.29, 0.717) is 17.9 Å². The van der Waals surface area contributed by atoms with E-state index in [0.717, 1.165) is 31.2 Å². The summed E-state index contributed by atoms with van der Waals surface area (Å²) >= 11 is 0. The molecule has 0 aromatic carbocycles. The van der Waals surface area contributed by atoms with Crippen LogP contribution in [0.1, 0.15) is 72.1 Å². The van der Waals surface area contributed by atoms with Crippen molar-refractivity contribution in [1.82, 2.24) is 4.90 Å². The van der Waals surface area contributed by atoms with Crippen LogP contribution in [0.15, 0.2) is 0 Å². The highest BCUT2D eigenvalue weighted by Gasteiger charge is 2.41. The highest BCUT2D eigenvalue weighted by atomic mass is 16.2. The van der Waals surface area contributed by atoms with Crippen LogP contribution in [0, 0.1) is 17.8 Å². The first-order valence-corrected chi connectivity index (χ1v) is 8.44. The summed E-state index contributed by atoms with van der Waals surface area (Å²) in [7, 11) is 0. The molecule has 0 spiro atoms. The molecule has 0 N–H and O–H groups in total. The summed E-state index contributed by atoms with van der Waals surface area (Å²) in [6.45, 7) is 7.63. The highest BCUT2D eigenvalue weighted by Crippen LogP contribution is 2.44. The number of amides is 1. The van der Waals surface area contributed by atoms with Gasteiger partial charge in [-0.05, 0) is 44.9 Å². The fraction of sp³-hybridized carbons (Fsp3) is 0.941. The van der Waals surface area contributed by atoms with E-state index in [1.165, 1.54) is 38.5 Å². The average molecular weight is 265 g/mol. The van der Waals surface area contributed by atoms with Crippen molar-refractivity contribution in [3.8, 4) is 0 Å². The van der Waals surface area contributed by atoms with E-state index in [9.17, 15) is 4.79 Å². The van der Waals surface area contributed by atoms with Crippen LogP contribution in [0.2, 0.25) is 0 Å². The lowest BCUT2D eigenvalue weighted by Crippen LogP contribution is -2.39. The maximum Gasteiger partial charge on any atom is 0.225 e. The zero-order chi connectivity index (χ0) is 13.8. The summed E-state index contributed by atoms with van der Waals surface area (Å²) in [5.41, 5.74) is 0. The van der Waals surface area contributed by atoms with Crippen molar-refractivity contribution >= 4 is 5.91 Å². The lowest BCUT2D eigenvalue weighted by atomic mass is 10.1. The number of unbranched alkanes of at least 4 members (excludes halogenated alkanes) is 3. The topological polar surface area (TPSA) is 20.3 Å². The third-order valence-electron chi connectivity index (χ3n) is 4.76. The lowest BCUT2D eigenvalue weighted by molar-refractivity contribution is -0.134. The predicted octanol–water partition coefficient (Wildman–Crippen LogP) is 4.24. The van der Waals surface area contributed by atoms with Crippen molar-refractivity contribution in [1.29, 1.82) is 0 Å². The SMILES string of the molecule is CCCCCCC1CC1CN(C(=O)C1CC1)C(C)C. The molecule has 0 aliphatic heterocycles. The van der Waals surface area contributed by atoms with Gasteiger partial charge in [-0.3, -0.25) is 4.79 Å². The molecule has 2 fully saturated rings. The van der Waals surface area contributed by atoms with Crippen molar-refractivity contribution in [2.45, 2.75) is 78.2 Å². The Hall–Kier alpha value is -0.530. The molecule has 110 valence electrons. The minimum atomic E-state index is 0.379. The van der Waals surface area contributed by atoms with Crippen molar-refractivity contribution in [3.05, 3.63) is 0 Å². The molecule has 0 aromatic rings. The average Bonchev–Trinajstić information content (AvgIpc) is 3.25. The van der Waals surface area contributed by atoms with Crippen molar-refractivity contribution in [2.75, 3.05) is 6.54 Å². The van der Waals surface area contributed by atoms with Crippen LogP contribution >= 0.6 is 0 Å². The van der Waals surface area contributed by atoms with Gasteiger partial charge in [0.05, 0.1) is 0 Å². The zero-order valence-electron chi connectivity index (χ0n) is 13.0. The van der Waals surface area contributed by atoms with Crippen LogP contribution in [-0.4, -0.2) is 23.4 Å². The molecule has 2 heteroatoms. The monoisotopic (exact) mass is 265 g/mol. The predicted molar refractivity (Wildman–Crippen MR) is 79.9 cm³/mol. The van der Waals surface area contributed by atoms with Crippen molar-refractivity contribution in [2.24, 2.45) is 17.8 Å². The number of nitrogens with zero attached hydrogens (tertiary/aromatic N) is 1. The molecule has 0 bridgehead atoms. The van der Waals surface area contributed by atoms with E-state index in [-0.39, 0.29) is 0 Å². The summed E-state index contributed by atoms with van der Waals surface area (Å²) in [5, 5.41) is 0. The van der Waals surface area contributed by atoms with Gasteiger partial charge in [-0.25, -0.2) is 0 Å². The number of carbonyl (C=O) groups excluding carboxylic acids is 1. The molecule has 2 aliphatic carbocycles. The maximum absolute atomic E-state index is 12.2. The van der Waals surface area contributed by atoms with E-state index >= 15 is 0 Å². The molecule has 2 atom stereocenters. The molecule has 0 heterocycles. The first kappa shape index (κ1) is 14.9. The first-order valence-electron chi connectivity index (χ1n) is 8.44. The number of rotatable bonds is 9. The minimum absolute atomic E-state index is 0.379. The van der Waals surface area contributed by atoms with Crippen molar-refractivity contribution < 1.29 is 4.79 Å². The Labute approximate surface area is 118 Å². The minimum Gasteiger partial charge on any atom is -0.340 e. The van der Waals surface area contributed by atoms with E-state index in [1.807, 2.05) is 0 Å². The molecule has 1 amide bonds. The highest BCUT2D eigenvalue weighted by molar-refractivity contribution is 5.81. The van der Waals surface area contributed by atoms with Crippen LogP contribution in [-0.2, 0) is 4.79 Å². The Morgan fingerprint density at radius 1 is 1.16 bits per heavy atom. The van der Waals surface area contributed by atoms with Gasteiger partial charge in [0.15, 0.2) is 0 Å². The molecule has 2 aliphatic rings. The van der Waals surface area contributed by atoms with Gasteiger partial charge in [-0.2, -0.15) is 0 Å². The van der Waals surface area contributed by atoms with E-state index < -0.39 is 0 Å². The summed E-state index contributed by atoms with van der Waals surface area (Å²) in [6.07, 6.45) is 10.5. The lowest BCUT2D eigenvalue weighted by Gasteiger charge is -2.27. The molecule has 19 heavy (non-hydrogen) atoms. The normalized spacial score (nSPS) is 25.7. The first-order chi connectivity index (χ1) is 9.13. The zero-order valence-corrected chi connectivity index (χ0v) is 13.0. The van der Waals surface area contributed by atoms with Gasteiger partial charge in [0.1, 0.15) is 0 Å². The Kier molecular flexibility index (Phi) is 5.29. The Balaban J connectivity index is 1.67. The van der Waals surface area contributed by atoms with Crippen LogP contribution in [0.4, 0.5) is 0 Å².